The maximum Gasteiger partial charge on any atom is 0.321 e. The summed E-state index contributed by atoms with van der Waals surface area (Å²) in [4.78, 5) is 25.4. The van der Waals surface area contributed by atoms with E-state index in [0.29, 0.717) is 45.4 Å². The first-order valence-corrected chi connectivity index (χ1v) is 34.8. The summed E-state index contributed by atoms with van der Waals surface area (Å²) in [5, 5.41) is 5.50. The first-order chi connectivity index (χ1) is 42.3. The summed E-state index contributed by atoms with van der Waals surface area (Å²) in [7, 11) is 0. The van der Waals surface area contributed by atoms with Crippen LogP contribution in [0.1, 0.15) is 295 Å². The van der Waals surface area contributed by atoms with Crippen LogP contribution in [0.2, 0.25) is 0 Å². The molecule has 1 aromatic heterocycles. The molecule has 3 aromatic carbocycles. The van der Waals surface area contributed by atoms with Gasteiger partial charge in [0.1, 0.15) is 11.5 Å². The number of nitrogens with zero attached hydrogens (tertiary/aromatic N) is 3. The summed E-state index contributed by atoms with van der Waals surface area (Å²) < 4.78 is 33.6. The van der Waals surface area contributed by atoms with Crippen molar-refractivity contribution < 1.29 is 28.5 Å². The van der Waals surface area contributed by atoms with Gasteiger partial charge in [-0.1, -0.05) is 283 Å². The number of rotatable bonds is 53. The molecule has 2 amide bonds. The topological polar surface area (TPSA) is 152 Å². The molecule has 12 nitrogen and oxygen atoms in total. The molecular weight excluding hydrogens is 1070 g/mol. The van der Waals surface area contributed by atoms with E-state index in [1.54, 1.807) is 0 Å². The van der Waals surface area contributed by atoms with Gasteiger partial charge in [0.25, 0.3) is 0 Å². The van der Waals surface area contributed by atoms with Crippen LogP contribution in [-0.2, 0) is 0 Å². The minimum absolute atomic E-state index is 0.0216. The number of anilines is 2. The van der Waals surface area contributed by atoms with Gasteiger partial charge in [-0.25, -0.2) is 4.79 Å². The van der Waals surface area contributed by atoms with E-state index >= 15 is 0 Å². The predicted octanol–water partition coefficient (Wildman–Crippen LogP) is 21.6. The SMILES string of the molecule is CCCCCCCCCCCCOc1cc(/C=C/c2cc(OCCCC)c(/C=C/c3ccc(-c4nc(N)nc(NC(=O)NCCCC)n4)cc3)cc2OCCCC)cc(OCCCCCCCCCCCC)c1OCCCCCCCCCCCC. The molecule has 0 aliphatic rings. The van der Waals surface area contributed by atoms with Gasteiger partial charge in [0.05, 0.1) is 33.0 Å². The molecule has 4 N–H and O–H groups in total. The fraction of sp³-hybridized carbons (Fsp3) is 0.649. The van der Waals surface area contributed by atoms with Gasteiger partial charge in [0.15, 0.2) is 17.3 Å². The zero-order valence-electron chi connectivity index (χ0n) is 55.0. The molecule has 0 fully saturated rings. The first kappa shape index (κ1) is 72.7. The van der Waals surface area contributed by atoms with Crippen molar-refractivity contribution in [3.8, 4) is 40.1 Å². The van der Waals surface area contributed by atoms with Crippen molar-refractivity contribution >= 4 is 42.2 Å². The normalized spacial score (nSPS) is 11.5. The van der Waals surface area contributed by atoms with Crippen LogP contribution in [0.3, 0.4) is 0 Å². The maximum atomic E-state index is 12.5. The van der Waals surface area contributed by atoms with Crippen molar-refractivity contribution in [2.24, 2.45) is 0 Å². The first-order valence-electron chi connectivity index (χ1n) is 34.8. The van der Waals surface area contributed by atoms with Gasteiger partial charge in [-0.3, -0.25) is 5.32 Å². The second kappa shape index (κ2) is 48.3. The Morgan fingerprint density at radius 2 is 0.767 bits per heavy atom. The summed E-state index contributed by atoms with van der Waals surface area (Å²) >= 11 is 0. The van der Waals surface area contributed by atoms with Gasteiger partial charge in [-0.05, 0) is 73.9 Å². The highest BCUT2D eigenvalue weighted by molar-refractivity contribution is 5.87. The summed E-state index contributed by atoms with van der Waals surface area (Å²) in [5.74, 6) is 4.30. The van der Waals surface area contributed by atoms with E-state index in [9.17, 15) is 4.79 Å². The van der Waals surface area contributed by atoms with Gasteiger partial charge in [0.2, 0.25) is 17.6 Å². The molecular formula is C74H118N6O6. The van der Waals surface area contributed by atoms with Crippen molar-refractivity contribution in [1.82, 2.24) is 20.3 Å². The van der Waals surface area contributed by atoms with Crippen LogP contribution in [0, 0.1) is 0 Å². The van der Waals surface area contributed by atoms with Crippen molar-refractivity contribution in [2.45, 2.75) is 273 Å². The summed E-state index contributed by atoms with van der Waals surface area (Å²) in [6.45, 7) is 17.0. The Morgan fingerprint density at radius 3 is 1.20 bits per heavy atom. The Morgan fingerprint density at radius 1 is 0.395 bits per heavy atom. The molecule has 0 unspecified atom stereocenters. The second-order valence-electron chi connectivity index (χ2n) is 23.6. The van der Waals surface area contributed by atoms with E-state index in [0.717, 1.165) is 134 Å². The number of nitrogen functional groups attached to an aromatic ring is 1. The average molecular weight is 1190 g/mol. The van der Waals surface area contributed by atoms with Gasteiger partial charge in [0, 0.05) is 23.2 Å². The molecule has 0 spiro atoms. The van der Waals surface area contributed by atoms with E-state index in [4.69, 9.17) is 29.4 Å². The molecule has 0 atom stereocenters. The molecule has 4 aromatic rings. The minimum Gasteiger partial charge on any atom is -0.493 e. The number of benzene rings is 3. The van der Waals surface area contributed by atoms with E-state index in [1.165, 1.54) is 154 Å². The minimum atomic E-state index is -0.385. The van der Waals surface area contributed by atoms with Crippen LogP contribution in [0.15, 0.2) is 48.5 Å². The standard InChI is InChI=1S/C74H118N6O6/c1-7-13-19-22-25-28-31-34-37-40-54-84-68-57-62(58-69(85-55-41-38-35-32-29-26-23-20-14-8-2)70(68)86-56-42-39-36-33-30-27-24-21-15-9-3)46-50-65-60-66(82-52-17-11-5)64(59-67(65)83-53-18-12-6)49-45-61-43-47-63(48-44-61)71-77-72(75)79-73(78-71)80-74(81)76-51-16-10-4/h43-50,57-60H,7-42,51-56H2,1-6H3,(H4,75,76,77,78,79,80,81)/b49-45+,50-46+. The molecule has 1 heterocycles. The van der Waals surface area contributed by atoms with E-state index in [1.807, 2.05) is 24.3 Å². The van der Waals surface area contributed by atoms with Crippen molar-refractivity contribution in [3.63, 3.8) is 0 Å². The number of hydrogen-bond acceptors (Lipinski definition) is 10. The van der Waals surface area contributed by atoms with Crippen LogP contribution < -0.4 is 40.1 Å². The third-order valence-electron chi connectivity index (χ3n) is 15.7. The zero-order chi connectivity index (χ0) is 61.3. The number of nitrogens with one attached hydrogen (secondary N) is 2. The summed E-state index contributed by atoms with van der Waals surface area (Å²) in [6.07, 6.45) is 52.5. The fourth-order valence-corrected chi connectivity index (χ4v) is 10.3. The Labute approximate surface area is 522 Å². The largest absolute Gasteiger partial charge is 0.493 e. The van der Waals surface area contributed by atoms with Crippen LogP contribution in [-0.4, -0.2) is 60.6 Å². The average Bonchev–Trinajstić information content (AvgIpc) is 1.62. The highest BCUT2D eigenvalue weighted by atomic mass is 16.5. The maximum absolute atomic E-state index is 12.5. The quantitative estimate of drug-likeness (QED) is 0.0288. The van der Waals surface area contributed by atoms with E-state index in [2.05, 4.69) is 116 Å². The third-order valence-corrected chi connectivity index (χ3v) is 15.7. The molecule has 480 valence electrons. The summed E-state index contributed by atoms with van der Waals surface area (Å²) in [6, 6.07) is 16.0. The number of aromatic nitrogens is 3. The van der Waals surface area contributed by atoms with Crippen molar-refractivity contribution in [3.05, 3.63) is 70.8 Å². The number of carbonyl (C=O) groups is 1. The lowest BCUT2D eigenvalue weighted by molar-refractivity contribution is 0.234. The van der Waals surface area contributed by atoms with Gasteiger partial charge >= 0.3 is 6.03 Å². The number of urea groups is 1. The lowest BCUT2D eigenvalue weighted by atomic mass is 10.0. The van der Waals surface area contributed by atoms with Crippen molar-refractivity contribution in [1.29, 1.82) is 0 Å². The Kier molecular flexibility index (Phi) is 40.8. The van der Waals surface area contributed by atoms with Gasteiger partial charge in [-0.15, -0.1) is 0 Å². The molecule has 86 heavy (non-hydrogen) atoms. The number of hydrogen-bond donors (Lipinski definition) is 3. The second-order valence-corrected chi connectivity index (χ2v) is 23.6. The molecule has 0 saturated carbocycles. The van der Waals surface area contributed by atoms with Crippen LogP contribution in [0.25, 0.3) is 35.7 Å². The van der Waals surface area contributed by atoms with E-state index in [-0.39, 0.29) is 17.9 Å². The summed E-state index contributed by atoms with van der Waals surface area (Å²) in [5.41, 5.74) is 10.6. The van der Waals surface area contributed by atoms with Gasteiger partial charge < -0.3 is 34.7 Å². The smallest absolute Gasteiger partial charge is 0.321 e. The number of unbranched alkanes of at least 4 members (excludes halogenated alkanes) is 30. The molecule has 4 rings (SSSR count). The molecule has 0 aliphatic heterocycles. The lowest BCUT2D eigenvalue weighted by Gasteiger charge is -2.19. The van der Waals surface area contributed by atoms with Crippen LogP contribution >= 0.6 is 0 Å². The highest BCUT2D eigenvalue weighted by Crippen LogP contribution is 2.41. The third kappa shape index (κ3) is 32.3. The Balaban J connectivity index is 1.63. The zero-order valence-corrected chi connectivity index (χ0v) is 55.0. The number of ether oxygens (including phenoxy) is 5. The highest BCUT2D eigenvalue weighted by Gasteiger charge is 2.18. The number of amides is 2. The predicted molar refractivity (Wildman–Crippen MR) is 365 cm³/mol. The molecule has 0 saturated heterocycles. The Hall–Kier alpha value is -5.78. The molecule has 0 radical (unpaired) electrons. The van der Waals surface area contributed by atoms with Crippen molar-refractivity contribution in [2.75, 3.05) is 50.6 Å². The van der Waals surface area contributed by atoms with E-state index < -0.39 is 0 Å². The van der Waals surface area contributed by atoms with Crippen LogP contribution in [0.4, 0.5) is 16.7 Å². The molecule has 0 bridgehead atoms. The molecule has 12 heteroatoms. The monoisotopic (exact) mass is 1190 g/mol. The van der Waals surface area contributed by atoms with Gasteiger partial charge in [-0.2, -0.15) is 15.0 Å². The Bertz CT molecular complexity index is 2380. The van der Waals surface area contributed by atoms with Crippen LogP contribution in [0.5, 0.6) is 28.7 Å². The number of carbonyl (C=O) groups excluding carboxylic acids is 1. The number of nitrogens with two attached hydrogens (primary N) is 1. The molecule has 0 aliphatic carbocycles. The fourth-order valence-electron chi connectivity index (χ4n) is 10.3. The lowest BCUT2D eigenvalue weighted by Crippen LogP contribution is -2.30.